The summed E-state index contributed by atoms with van der Waals surface area (Å²) in [4.78, 5) is 23.1. The Morgan fingerprint density at radius 1 is 1.32 bits per heavy atom. The van der Waals surface area contributed by atoms with Crippen molar-refractivity contribution in [3.05, 3.63) is 56.0 Å². The zero-order valence-electron chi connectivity index (χ0n) is 16.5. The standard InChI is InChI=1S/C18H19BrN4O7S/c1-3-29-16-7-12(6-14(19)18(16)30-10-17(20)24)9-21-22-31(27,28)13-5-4-11(2)15(8-13)23(25)26/h4-9,22H,3,10H2,1-2H3,(H2,20,24)/b21-9+. The summed E-state index contributed by atoms with van der Waals surface area (Å²) >= 11 is 3.29. The van der Waals surface area contributed by atoms with Crippen molar-refractivity contribution in [1.29, 1.82) is 0 Å². The van der Waals surface area contributed by atoms with Gasteiger partial charge in [0.05, 0.1) is 27.1 Å². The fourth-order valence-electron chi connectivity index (χ4n) is 2.38. The summed E-state index contributed by atoms with van der Waals surface area (Å²) in [5, 5.41) is 14.7. The van der Waals surface area contributed by atoms with Crippen LogP contribution in [0.1, 0.15) is 18.1 Å². The third-order valence-corrected chi connectivity index (χ3v) is 5.57. The Hall–Kier alpha value is -3.19. The van der Waals surface area contributed by atoms with Crippen LogP contribution in [0, 0.1) is 17.0 Å². The number of nitro groups is 1. The number of amides is 1. The van der Waals surface area contributed by atoms with E-state index in [1.807, 2.05) is 4.83 Å². The van der Waals surface area contributed by atoms with E-state index in [1.54, 1.807) is 13.0 Å². The molecule has 2 aromatic rings. The van der Waals surface area contributed by atoms with Gasteiger partial charge in [-0.3, -0.25) is 14.9 Å². The molecule has 0 aromatic heterocycles. The van der Waals surface area contributed by atoms with E-state index in [0.29, 0.717) is 22.2 Å². The summed E-state index contributed by atoms with van der Waals surface area (Å²) in [6.07, 6.45) is 1.21. The molecule has 0 atom stereocenters. The summed E-state index contributed by atoms with van der Waals surface area (Å²) < 4.78 is 36.1. The number of benzene rings is 2. The highest BCUT2D eigenvalue weighted by Gasteiger charge is 2.19. The Balaban J connectivity index is 2.26. The molecule has 0 radical (unpaired) electrons. The van der Waals surface area contributed by atoms with Gasteiger partial charge in [0.2, 0.25) is 0 Å². The molecule has 0 bridgehead atoms. The predicted octanol–water partition coefficient (Wildman–Crippen LogP) is 2.24. The number of nitrogens with one attached hydrogen (secondary N) is 1. The van der Waals surface area contributed by atoms with Crippen molar-refractivity contribution in [2.75, 3.05) is 13.2 Å². The molecule has 166 valence electrons. The number of nitrogens with zero attached hydrogens (tertiary/aromatic N) is 2. The van der Waals surface area contributed by atoms with Crippen LogP contribution in [-0.2, 0) is 14.8 Å². The first kappa shape index (κ1) is 24.1. The lowest BCUT2D eigenvalue weighted by atomic mass is 10.2. The maximum atomic E-state index is 12.4. The third kappa shape index (κ3) is 6.39. The minimum Gasteiger partial charge on any atom is -0.490 e. The zero-order valence-corrected chi connectivity index (χ0v) is 18.9. The summed E-state index contributed by atoms with van der Waals surface area (Å²) in [7, 11) is -4.13. The van der Waals surface area contributed by atoms with Crippen molar-refractivity contribution < 1.29 is 27.6 Å². The number of primary amides is 1. The largest absolute Gasteiger partial charge is 0.490 e. The molecule has 0 unspecified atom stereocenters. The van der Waals surface area contributed by atoms with Gasteiger partial charge in [-0.2, -0.15) is 13.5 Å². The van der Waals surface area contributed by atoms with Gasteiger partial charge in [-0.05, 0) is 53.5 Å². The second-order valence-corrected chi connectivity index (χ2v) is 8.59. The van der Waals surface area contributed by atoms with Crippen molar-refractivity contribution in [2.45, 2.75) is 18.7 Å². The highest BCUT2D eigenvalue weighted by Crippen LogP contribution is 2.36. The van der Waals surface area contributed by atoms with Gasteiger partial charge in [0.25, 0.3) is 21.6 Å². The van der Waals surface area contributed by atoms with Gasteiger partial charge in [-0.1, -0.05) is 6.07 Å². The first-order valence-electron chi connectivity index (χ1n) is 8.72. The number of hydrogen-bond acceptors (Lipinski definition) is 8. The van der Waals surface area contributed by atoms with E-state index < -0.39 is 20.9 Å². The second-order valence-electron chi connectivity index (χ2n) is 6.08. The molecule has 2 aromatic carbocycles. The Bertz CT molecular complexity index is 1140. The molecular formula is C18H19BrN4O7S. The molecule has 0 aliphatic rings. The lowest BCUT2D eigenvalue weighted by Crippen LogP contribution is -2.20. The molecule has 2 rings (SSSR count). The fraction of sp³-hybridized carbons (Fsp3) is 0.222. The molecule has 0 aliphatic heterocycles. The lowest BCUT2D eigenvalue weighted by molar-refractivity contribution is -0.385. The molecule has 31 heavy (non-hydrogen) atoms. The third-order valence-electron chi connectivity index (χ3n) is 3.76. The van der Waals surface area contributed by atoms with Crippen LogP contribution in [0.15, 0.2) is 44.8 Å². The normalized spacial score (nSPS) is 11.3. The number of aryl methyl sites for hydroxylation is 1. The molecule has 0 fully saturated rings. The van der Waals surface area contributed by atoms with E-state index in [0.717, 1.165) is 6.07 Å². The summed E-state index contributed by atoms with van der Waals surface area (Å²) in [6.45, 7) is 3.21. The van der Waals surface area contributed by atoms with Crippen molar-refractivity contribution in [3.63, 3.8) is 0 Å². The van der Waals surface area contributed by atoms with E-state index >= 15 is 0 Å². The van der Waals surface area contributed by atoms with E-state index in [9.17, 15) is 23.3 Å². The maximum absolute atomic E-state index is 12.4. The molecule has 0 heterocycles. The van der Waals surface area contributed by atoms with Crippen LogP contribution in [-0.4, -0.2) is 38.7 Å². The highest BCUT2D eigenvalue weighted by molar-refractivity contribution is 9.10. The topological polar surface area (TPSA) is 163 Å². The smallest absolute Gasteiger partial charge is 0.276 e. The van der Waals surface area contributed by atoms with E-state index in [2.05, 4.69) is 21.0 Å². The van der Waals surface area contributed by atoms with Crippen LogP contribution in [0.25, 0.3) is 0 Å². The molecule has 0 spiro atoms. The van der Waals surface area contributed by atoms with Gasteiger partial charge >= 0.3 is 0 Å². The molecule has 13 heteroatoms. The van der Waals surface area contributed by atoms with Crippen molar-refractivity contribution >= 4 is 43.8 Å². The van der Waals surface area contributed by atoms with E-state index in [-0.39, 0.29) is 28.7 Å². The van der Waals surface area contributed by atoms with Gasteiger partial charge in [0, 0.05) is 11.6 Å². The number of sulfonamides is 1. The van der Waals surface area contributed by atoms with Crippen LogP contribution >= 0.6 is 15.9 Å². The highest BCUT2D eigenvalue weighted by atomic mass is 79.9. The number of ether oxygens (including phenoxy) is 2. The number of nitrogens with two attached hydrogens (primary N) is 1. The van der Waals surface area contributed by atoms with Gasteiger partial charge < -0.3 is 15.2 Å². The zero-order chi connectivity index (χ0) is 23.2. The van der Waals surface area contributed by atoms with Crippen LogP contribution < -0.4 is 20.0 Å². The average molecular weight is 515 g/mol. The molecule has 11 nitrogen and oxygen atoms in total. The van der Waals surface area contributed by atoms with Crippen LogP contribution in [0.5, 0.6) is 11.5 Å². The van der Waals surface area contributed by atoms with Gasteiger partial charge in [0.1, 0.15) is 0 Å². The average Bonchev–Trinajstić information content (AvgIpc) is 2.67. The second kappa shape index (κ2) is 10.2. The van der Waals surface area contributed by atoms with Crippen molar-refractivity contribution in [2.24, 2.45) is 10.8 Å². The van der Waals surface area contributed by atoms with Crippen molar-refractivity contribution in [1.82, 2.24) is 4.83 Å². The monoisotopic (exact) mass is 514 g/mol. The van der Waals surface area contributed by atoms with Crippen LogP contribution in [0.2, 0.25) is 0 Å². The fourth-order valence-corrected chi connectivity index (χ4v) is 3.77. The minimum atomic E-state index is -4.13. The first-order valence-corrected chi connectivity index (χ1v) is 11.0. The molecule has 3 N–H and O–H groups in total. The molecule has 0 saturated heterocycles. The summed E-state index contributed by atoms with van der Waals surface area (Å²) in [5.41, 5.74) is 5.55. The quantitative estimate of drug-likeness (QED) is 0.278. The Morgan fingerprint density at radius 2 is 2.03 bits per heavy atom. The van der Waals surface area contributed by atoms with Crippen LogP contribution in [0.3, 0.4) is 0 Å². The van der Waals surface area contributed by atoms with Crippen molar-refractivity contribution in [3.8, 4) is 11.5 Å². The number of carbonyl (C=O) groups is 1. The number of halogens is 1. The summed E-state index contributed by atoms with van der Waals surface area (Å²) in [5.74, 6) is -0.118. The Morgan fingerprint density at radius 3 is 2.65 bits per heavy atom. The van der Waals surface area contributed by atoms with Gasteiger partial charge in [0.15, 0.2) is 18.1 Å². The number of carbonyl (C=O) groups excluding carboxylic acids is 1. The Kier molecular flexibility index (Phi) is 7.94. The van der Waals surface area contributed by atoms with Gasteiger partial charge in [-0.25, -0.2) is 4.83 Å². The molecular weight excluding hydrogens is 496 g/mol. The molecule has 0 aliphatic carbocycles. The molecule has 0 saturated carbocycles. The predicted molar refractivity (Wildman–Crippen MR) is 116 cm³/mol. The molecule has 1 amide bonds. The number of hydrogen-bond donors (Lipinski definition) is 2. The minimum absolute atomic E-state index is 0.255. The van der Waals surface area contributed by atoms with Crippen LogP contribution in [0.4, 0.5) is 5.69 Å². The summed E-state index contributed by atoms with van der Waals surface area (Å²) in [6, 6.07) is 6.63. The number of nitro benzene ring substituents is 1. The number of hydrazone groups is 1. The van der Waals surface area contributed by atoms with E-state index in [1.165, 1.54) is 31.3 Å². The number of rotatable bonds is 10. The lowest BCUT2D eigenvalue weighted by Gasteiger charge is -2.13. The Labute approximate surface area is 186 Å². The van der Waals surface area contributed by atoms with Gasteiger partial charge in [-0.15, -0.1) is 0 Å². The maximum Gasteiger partial charge on any atom is 0.276 e. The van der Waals surface area contributed by atoms with E-state index in [4.69, 9.17) is 15.2 Å². The SMILES string of the molecule is CCOc1cc(/C=N/NS(=O)(=O)c2ccc(C)c([N+](=O)[O-])c2)cc(Br)c1OCC(N)=O. The first-order chi connectivity index (χ1) is 14.5.